The van der Waals surface area contributed by atoms with Crippen molar-refractivity contribution >= 4 is 40.7 Å². The van der Waals surface area contributed by atoms with Gasteiger partial charge in [0.05, 0.1) is 6.61 Å². The third-order valence-corrected chi connectivity index (χ3v) is 4.38. The van der Waals surface area contributed by atoms with Crippen molar-refractivity contribution < 1.29 is 29.9 Å². The number of rotatable bonds is 4. The quantitative estimate of drug-likeness (QED) is 0.282. The Morgan fingerprint density at radius 1 is 1.16 bits per heavy atom. The molecule has 25 heavy (non-hydrogen) atoms. The molecule has 1 aromatic rings. The predicted octanol–water partition coefficient (Wildman–Crippen LogP) is 0.763. The van der Waals surface area contributed by atoms with Gasteiger partial charge in [0.25, 0.3) is 3.79 Å². The van der Waals surface area contributed by atoms with Crippen molar-refractivity contribution in [1.29, 1.82) is 5.41 Å². The Hall–Kier alpha value is -0.640. The van der Waals surface area contributed by atoms with E-state index in [1.54, 1.807) is 30.3 Å². The predicted molar refractivity (Wildman–Crippen MR) is 92.0 cm³/mol. The topological polar surface area (TPSA) is 123 Å². The second-order valence-corrected chi connectivity index (χ2v) is 7.95. The zero-order valence-corrected chi connectivity index (χ0v) is 15.1. The monoisotopic (exact) mass is 413 g/mol. The van der Waals surface area contributed by atoms with Gasteiger partial charge < -0.3 is 29.9 Å². The van der Waals surface area contributed by atoms with E-state index < -0.39 is 46.5 Å². The molecule has 2 rings (SSSR count). The van der Waals surface area contributed by atoms with Crippen molar-refractivity contribution in [3.8, 4) is 0 Å². The summed E-state index contributed by atoms with van der Waals surface area (Å²) >= 11 is 16.9. The minimum absolute atomic E-state index is 0.140. The summed E-state index contributed by atoms with van der Waals surface area (Å²) in [7, 11) is 0. The van der Waals surface area contributed by atoms with Gasteiger partial charge in [-0.05, 0) is 5.56 Å². The third kappa shape index (κ3) is 4.56. The van der Waals surface area contributed by atoms with Gasteiger partial charge in [0, 0.05) is 6.42 Å². The van der Waals surface area contributed by atoms with Crippen LogP contribution in [0.25, 0.3) is 0 Å². The summed E-state index contributed by atoms with van der Waals surface area (Å²) in [5.41, 5.74) is 0.624. The molecule has 1 aromatic carbocycles. The summed E-state index contributed by atoms with van der Waals surface area (Å²) < 4.78 is 8.65. The normalized spacial score (nSPS) is 33.1. The molecule has 0 radical (unpaired) electrons. The summed E-state index contributed by atoms with van der Waals surface area (Å²) in [5.74, 6) is -2.89. The Labute approximate surface area is 159 Å². The van der Waals surface area contributed by atoms with E-state index in [0.29, 0.717) is 5.56 Å². The van der Waals surface area contributed by atoms with Gasteiger partial charge in [-0.3, -0.25) is 5.41 Å². The van der Waals surface area contributed by atoms with Gasteiger partial charge in [0.2, 0.25) is 11.7 Å². The summed E-state index contributed by atoms with van der Waals surface area (Å²) in [6.07, 6.45) is -6.46. The van der Waals surface area contributed by atoms with Crippen molar-refractivity contribution in [2.24, 2.45) is 0 Å². The maximum Gasteiger partial charge on any atom is 0.265 e. The number of benzene rings is 1. The molecule has 1 fully saturated rings. The molecule has 7 nitrogen and oxygen atoms in total. The van der Waals surface area contributed by atoms with Gasteiger partial charge in [-0.15, -0.1) is 0 Å². The van der Waals surface area contributed by atoms with E-state index >= 15 is 0 Å². The van der Waals surface area contributed by atoms with Crippen LogP contribution in [0.1, 0.15) is 5.56 Å². The largest absolute Gasteiger partial charge is 0.442 e. The molecule has 0 spiro atoms. The van der Waals surface area contributed by atoms with Crippen LogP contribution in [0.5, 0.6) is 0 Å². The zero-order valence-electron chi connectivity index (χ0n) is 12.8. The minimum Gasteiger partial charge on any atom is -0.442 e. The molecular weight excluding hydrogens is 397 g/mol. The second kappa shape index (κ2) is 7.94. The van der Waals surface area contributed by atoms with Crippen molar-refractivity contribution in [1.82, 2.24) is 0 Å². The van der Waals surface area contributed by atoms with Crippen molar-refractivity contribution in [2.75, 3.05) is 6.61 Å². The number of hydrogen-bond donors (Lipinski definition) is 5. The molecule has 0 aromatic heterocycles. The van der Waals surface area contributed by atoms with Crippen molar-refractivity contribution in [3.05, 3.63) is 35.9 Å². The highest BCUT2D eigenvalue weighted by Gasteiger charge is 2.56. The molecule has 140 valence electrons. The van der Waals surface area contributed by atoms with Crippen molar-refractivity contribution in [3.63, 3.8) is 0 Å². The van der Waals surface area contributed by atoms with E-state index in [1.807, 2.05) is 0 Å². The zero-order chi connectivity index (χ0) is 18.8. The lowest BCUT2D eigenvalue weighted by molar-refractivity contribution is -0.342. The Kier molecular flexibility index (Phi) is 6.56. The van der Waals surface area contributed by atoms with Crippen molar-refractivity contribution in [2.45, 2.75) is 40.4 Å². The summed E-state index contributed by atoms with van der Waals surface area (Å²) in [4.78, 5) is 0. The standard InChI is InChI=1S/C15H18Cl3NO6/c16-15(17,18)13(19)25-14(6-8-4-2-1-3-5-8)12(23)11(22)10(21)9(7-20)24-14/h1-5,9-12,19-23H,6-7H2/t9-,10+,11+,12-,14-/m1/s1. The molecule has 5 atom stereocenters. The Bertz CT molecular complexity index is 597. The lowest BCUT2D eigenvalue weighted by atomic mass is 9.88. The maximum atomic E-state index is 10.5. The highest BCUT2D eigenvalue weighted by Crippen LogP contribution is 2.38. The molecule has 1 heterocycles. The Morgan fingerprint density at radius 2 is 1.76 bits per heavy atom. The summed E-state index contributed by atoms with van der Waals surface area (Å²) in [6.45, 7) is -0.661. The molecule has 0 amide bonds. The van der Waals surface area contributed by atoms with Crippen LogP contribution in [-0.2, 0) is 15.9 Å². The average molecular weight is 415 g/mol. The third-order valence-electron chi connectivity index (χ3n) is 3.86. The lowest BCUT2D eigenvalue weighted by Gasteiger charge is -2.48. The second-order valence-electron chi connectivity index (χ2n) is 5.67. The smallest absolute Gasteiger partial charge is 0.265 e. The van der Waals surface area contributed by atoms with E-state index in [9.17, 15) is 20.4 Å². The summed E-state index contributed by atoms with van der Waals surface area (Å²) in [5, 5.41) is 47.7. The molecule has 10 heteroatoms. The Balaban J connectivity index is 2.41. The minimum atomic E-state index is -2.23. The maximum absolute atomic E-state index is 10.5. The Morgan fingerprint density at radius 3 is 2.28 bits per heavy atom. The molecule has 1 saturated heterocycles. The molecule has 1 aliphatic rings. The van der Waals surface area contributed by atoms with E-state index in [2.05, 4.69) is 0 Å². The van der Waals surface area contributed by atoms with Crippen LogP contribution in [-0.4, -0.2) is 66.9 Å². The number of aliphatic hydroxyl groups is 4. The van der Waals surface area contributed by atoms with E-state index in [0.717, 1.165) is 0 Å². The first-order chi connectivity index (χ1) is 11.6. The van der Waals surface area contributed by atoms with Crippen LogP contribution >= 0.6 is 34.8 Å². The van der Waals surface area contributed by atoms with Gasteiger partial charge in [-0.25, -0.2) is 0 Å². The average Bonchev–Trinajstić information content (AvgIpc) is 2.56. The van der Waals surface area contributed by atoms with E-state index in [4.69, 9.17) is 49.7 Å². The number of aliphatic hydroxyl groups excluding tert-OH is 4. The fourth-order valence-electron chi connectivity index (χ4n) is 2.59. The van der Waals surface area contributed by atoms with Crippen LogP contribution in [0, 0.1) is 5.41 Å². The molecule has 1 aliphatic heterocycles. The van der Waals surface area contributed by atoms with Gasteiger partial charge in [-0.2, -0.15) is 0 Å². The number of ether oxygens (including phenoxy) is 2. The van der Waals surface area contributed by atoms with E-state index in [1.165, 1.54) is 0 Å². The first-order valence-electron chi connectivity index (χ1n) is 7.32. The lowest BCUT2D eigenvalue weighted by Crippen LogP contribution is -2.67. The van der Waals surface area contributed by atoms with Crippen LogP contribution in [0.3, 0.4) is 0 Å². The molecule has 5 N–H and O–H groups in total. The van der Waals surface area contributed by atoms with Gasteiger partial charge in [0.15, 0.2) is 0 Å². The summed E-state index contributed by atoms with van der Waals surface area (Å²) in [6, 6.07) is 8.63. The van der Waals surface area contributed by atoms with Crippen LogP contribution in [0.2, 0.25) is 0 Å². The molecular formula is C15H18Cl3NO6. The fraction of sp³-hybridized carbons (Fsp3) is 0.533. The molecule has 0 saturated carbocycles. The number of alkyl halides is 3. The first kappa shape index (κ1) is 20.7. The van der Waals surface area contributed by atoms with Gasteiger partial charge >= 0.3 is 0 Å². The molecule has 0 aliphatic carbocycles. The SMILES string of the molecule is N=C(O[C@@]1(Cc2ccccc2)O[C@H](CO)[C@H](O)[C@H](O)[C@H]1O)C(Cl)(Cl)Cl. The number of halogens is 3. The van der Waals surface area contributed by atoms with Gasteiger partial charge in [-0.1, -0.05) is 65.1 Å². The fourth-order valence-corrected chi connectivity index (χ4v) is 2.70. The highest BCUT2D eigenvalue weighted by atomic mass is 35.6. The van der Waals surface area contributed by atoms with Crippen LogP contribution < -0.4 is 0 Å². The van der Waals surface area contributed by atoms with Crippen LogP contribution in [0.4, 0.5) is 0 Å². The molecule has 0 unspecified atom stereocenters. The van der Waals surface area contributed by atoms with Crippen LogP contribution in [0.15, 0.2) is 30.3 Å². The van der Waals surface area contributed by atoms with Gasteiger partial charge in [0.1, 0.15) is 24.4 Å². The number of nitrogens with one attached hydrogen (secondary N) is 1. The highest BCUT2D eigenvalue weighted by molar-refractivity contribution is 6.76. The number of hydrogen-bond acceptors (Lipinski definition) is 7. The first-order valence-corrected chi connectivity index (χ1v) is 8.45. The van der Waals surface area contributed by atoms with E-state index in [-0.39, 0.29) is 6.42 Å². The molecule has 0 bridgehead atoms.